The van der Waals surface area contributed by atoms with Crippen molar-refractivity contribution in [3.63, 3.8) is 0 Å². The summed E-state index contributed by atoms with van der Waals surface area (Å²) in [6.07, 6.45) is 6.87. The molecule has 0 aromatic heterocycles. The van der Waals surface area contributed by atoms with E-state index < -0.39 is 29.9 Å². The Bertz CT molecular complexity index is 1280. The van der Waals surface area contributed by atoms with Crippen molar-refractivity contribution >= 4 is 5.97 Å². The molecular formula is C39H64N2O7. The molecule has 3 saturated heterocycles. The van der Waals surface area contributed by atoms with E-state index in [1.54, 1.807) is 13.8 Å². The lowest BCUT2D eigenvalue weighted by molar-refractivity contribution is -0.251. The van der Waals surface area contributed by atoms with Gasteiger partial charge in [0.25, 0.3) is 0 Å². The number of fused-ring (bicyclic) bond motifs is 4. The van der Waals surface area contributed by atoms with Crippen LogP contribution in [0.4, 0.5) is 0 Å². The number of aliphatic hydroxyl groups excluding tert-OH is 1. The maximum absolute atomic E-state index is 12.6. The molecule has 2 spiro atoms. The van der Waals surface area contributed by atoms with Crippen LogP contribution < -0.4 is 5.32 Å². The third-order valence-electron chi connectivity index (χ3n) is 16.8. The van der Waals surface area contributed by atoms with Crippen molar-refractivity contribution < 1.29 is 34.0 Å². The zero-order chi connectivity index (χ0) is 34.2. The van der Waals surface area contributed by atoms with Gasteiger partial charge in [0.15, 0.2) is 12.4 Å². The Morgan fingerprint density at radius 2 is 1.75 bits per heavy atom. The predicted octanol–water partition coefficient (Wildman–Crippen LogP) is 4.52. The molecule has 48 heavy (non-hydrogen) atoms. The lowest BCUT2D eigenvalue weighted by Crippen LogP contribution is -2.62. The SMILES string of the molecule is CC(=O)O[C@@H](C1C[C@@H](C)C2C(O1)[C@H](O)C1(C)[C@@H]3CCC4C(C)(C)[C@@H](OC5CN(C6CNC6)CCO5)CC[C@@]45CC35CC[C@]21C)C(C)(C)O. The topological polar surface area (TPSA) is 110 Å². The fourth-order valence-corrected chi connectivity index (χ4v) is 14.4. The normalized spacial score (nSPS) is 52.1. The van der Waals surface area contributed by atoms with Crippen LogP contribution >= 0.6 is 0 Å². The number of ether oxygens (including phenoxy) is 4. The summed E-state index contributed by atoms with van der Waals surface area (Å²) in [5.74, 6) is 1.15. The van der Waals surface area contributed by atoms with E-state index >= 15 is 0 Å². The average Bonchev–Trinajstić information content (AvgIpc) is 3.61. The number of hydrogen-bond acceptors (Lipinski definition) is 9. The molecule has 8 rings (SSSR count). The van der Waals surface area contributed by atoms with Gasteiger partial charge in [0, 0.05) is 44.6 Å². The number of carbonyl (C=O) groups is 1. The molecule has 14 atom stereocenters. The third kappa shape index (κ3) is 4.55. The molecule has 5 saturated carbocycles. The first-order chi connectivity index (χ1) is 22.5. The highest BCUT2D eigenvalue weighted by atomic mass is 16.7. The largest absolute Gasteiger partial charge is 0.457 e. The Hall–Kier alpha value is -0.810. The summed E-state index contributed by atoms with van der Waals surface area (Å²) in [7, 11) is 0. The monoisotopic (exact) mass is 672 g/mol. The molecule has 3 aliphatic heterocycles. The van der Waals surface area contributed by atoms with Gasteiger partial charge in [0.05, 0.1) is 36.6 Å². The molecular weight excluding hydrogens is 608 g/mol. The van der Waals surface area contributed by atoms with Crippen molar-refractivity contribution in [1.29, 1.82) is 0 Å². The van der Waals surface area contributed by atoms with E-state index in [0.29, 0.717) is 29.7 Å². The van der Waals surface area contributed by atoms with Crippen LogP contribution in [0.3, 0.4) is 0 Å². The van der Waals surface area contributed by atoms with Gasteiger partial charge in [-0.15, -0.1) is 0 Å². The minimum atomic E-state index is -1.25. The number of aliphatic hydroxyl groups is 2. The number of esters is 1. The fourth-order valence-electron chi connectivity index (χ4n) is 14.4. The molecule has 9 heteroatoms. The van der Waals surface area contributed by atoms with Crippen LogP contribution in [0.1, 0.15) is 107 Å². The average molecular weight is 673 g/mol. The zero-order valence-electron chi connectivity index (χ0n) is 30.9. The van der Waals surface area contributed by atoms with Crippen molar-refractivity contribution in [3.05, 3.63) is 0 Å². The minimum Gasteiger partial charge on any atom is -0.457 e. The standard InChI is InChI=1S/C39H64N2O7/c1-22-17-25(33(35(5,6)44)46-23(2)42)47-31-30(22)36(7)13-14-39-21-38(39)12-11-28(48-29-20-41(15-16-45-29)24-18-40-19-24)34(3,4)26(38)9-10-27(39)37(36,8)32(31)43/h22,24-33,40,43-44H,9-21H2,1-8H3/t22-,25?,26?,27+,28+,29?,30?,31?,32+,33+,36-,37?,38-,39?/m1/s1. The Balaban J connectivity index is 1.03. The highest BCUT2D eigenvalue weighted by Crippen LogP contribution is 2.89. The fraction of sp³-hybridized carbons (Fsp3) is 0.974. The van der Waals surface area contributed by atoms with E-state index in [1.165, 1.54) is 32.6 Å². The second-order valence-corrected chi connectivity index (χ2v) is 19.5. The van der Waals surface area contributed by atoms with Crippen molar-refractivity contribution in [2.45, 2.75) is 155 Å². The highest BCUT2D eigenvalue weighted by molar-refractivity contribution is 5.66. The minimum absolute atomic E-state index is 0.0460. The molecule has 3 N–H and O–H groups in total. The van der Waals surface area contributed by atoms with Crippen molar-refractivity contribution in [2.24, 2.45) is 50.7 Å². The van der Waals surface area contributed by atoms with Gasteiger partial charge in [-0.05, 0) is 111 Å². The summed E-state index contributed by atoms with van der Waals surface area (Å²) in [6, 6.07) is 0.619. The summed E-state index contributed by atoms with van der Waals surface area (Å²) >= 11 is 0. The lowest BCUT2D eigenvalue weighted by Gasteiger charge is -2.64. The quantitative estimate of drug-likeness (QED) is 0.351. The lowest BCUT2D eigenvalue weighted by atomic mass is 9.41. The number of nitrogens with one attached hydrogen (secondary N) is 1. The van der Waals surface area contributed by atoms with Gasteiger partial charge in [-0.2, -0.15) is 0 Å². The van der Waals surface area contributed by atoms with E-state index in [-0.39, 0.29) is 52.0 Å². The van der Waals surface area contributed by atoms with E-state index in [9.17, 15) is 15.0 Å². The van der Waals surface area contributed by atoms with Gasteiger partial charge in [-0.3, -0.25) is 9.69 Å². The smallest absolute Gasteiger partial charge is 0.303 e. The molecule has 9 nitrogen and oxygen atoms in total. The molecule has 272 valence electrons. The summed E-state index contributed by atoms with van der Waals surface area (Å²) < 4.78 is 25.7. The van der Waals surface area contributed by atoms with Crippen LogP contribution in [0.15, 0.2) is 0 Å². The van der Waals surface area contributed by atoms with Gasteiger partial charge in [-0.25, -0.2) is 0 Å². The molecule has 8 aliphatic rings. The number of morpholine rings is 1. The first-order valence-corrected chi connectivity index (χ1v) is 19.4. The number of hydrogen-bond donors (Lipinski definition) is 3. The van der Waals surface area contributed by atoms with E-state index in [4.69, 9.17) is 18.9 Å². The molecule has 5 aliphatic carbocycles. The summed E-state index contributed by atoms with van der Waals surface area (Å²) in [5, 5.41) is 27.0. The Kier molecular flexibility index (Phi) is 7.93. The first kappa shape index (κ1) is 34.3. The highest BCUT2D eigenvalue weighted by Gasteiger charge is 2.84. The van der Waals surface area contributed by atoms with Gasteiger partial charge in [-0.1, -0.05) is 34.6 Å². The van der Waals surface area contributed by atoms with Crippen LogP contribution in [-0.4, -0.2) is 102 Å². The maximum atomic E-state index is 12.6. The first-order valence-electron chi connectivity index (χ1n) is 19.4. The third-order valence-corrected chi connectivity index (χ3v) is 16.8. The summed E-state index contributed by atoms with van der Waals surface area (Å²) in [6.45, 7) is 21.7. The van der Waals surface area contributed by atoms with E-state index in [2.05, 4.69) is 44.8 Å². The van der Waals surface area contributed by atoms with Gasteiger partial charge >= 0.3 is 5.97 Å². The molecule has 8 fully saturated rings. The predicted molar refractivity (Wildman–Crippen MR) is 181 cm³/mol. The maximum Gasteiger partial charge on any atom is 0.303 e. The van der Waals surface area contributed by atoms with Gasteiger partial charge in [0.2, 0.25) is 0 Å². The van der Waals surface area contributed by atoms with Crippen molar-refractivity contribution in [1.82, 2.24) is 10.2 Å². The number of rotatable bonds is 6. The van der Waals surface area contributed by atoms with Crippen LogP contribution in [-0.2, 0) is 23.7 Å². The van der Waals surface area contributed by atoms with Crippen LogP contribution in [0.25, 0.3) is 0 Å². The summed E-state index contributed by atoms with van der Waals surface area (Å²) in [4.78, 5) is 14.7. The molecule has 0 amide bonds. The summed E-state index contributed by atoms with van der Waals surface area (Å²) in [5.41, 5.74) is -0.903. The number of nitrogens with zero attached hydrogens (tertiary/aromatic N) is 1. The van der Waals surface area contributed by atoms with Crippen molar-refractivity contribution in [2.75, 3.05) is 32.8 Å². The molecule has 0 bridgehead atoms. The van der Waals surface area contributed by atoms with Crippen LogP contribution in [0.2, 0.25) is 0 Å². The zero-order valence-corrected chi connectivity index (χ0v) is 30.9. The Morgan fingerprint density at radius 1 is 1.04 bits per heavy atom. The molecule has 7 unspecified atom stereocenters. The van der Waals surface area contributed by atoms with Gasteiger partial charge in [0.1, 0.15) is 0 Å². The van der Waals surface area contributed by atoms with E-state index in [0.717, 1.165) is 52.0 Å². The molecule has 0 aromatic rings. The molecule has 0 aromatic carbocycles. The van der Waals surface area contributed by atoms with Crippen molar-refractivity contribution in [3.8, 4) is 0 Å². The Labute approximate surface area is 288 Å². The number of carbonyl (C=O) groups excluding carboxylic acids is 1. The van der Waals surface area contributed by atoms with Crippen LogP contribution in [0, 0.1) is 50.7 Å². The second kappa shape index (κ2) is 11.1. The van der Waals surface area contributed by atoms with E-state index in [1.807, 2.05) is 0 Å². The molecule has 3 heterocycles. The second-order valence-electron chi connectivity index (χ2n) is 19.5. The van der Waals surface area contributed by atoms with Gasteiger partial charge < -0.3 is 34.5 Å². The Morgan fingerprint density at radius 3 is 2.42 bits per heavy atom. The molecule has 0 radical (unpaired) electrons. The van der Waals surface area contributed by atoms with Crippen LogP contribution in [0.5, 0.6) is 0 Å².